The van der Waals surface area contributed by atoms with Gasteiger partial charge >= 0.3 is 0 Å². The predicted molar refractivity (Wildman–Crippen MR) is 59.0 cm³/mol. The third-order valence-electron chi connectivity index (χ3n) is 2.90. The number of carbonyl (C=O) groups is 1. The Balaban J connectivity index is 2.56. The Morgan fingerprint density at radius 2 is 2.36 bits per heavy atom. The molecule has 2 heteroatoms. The fourth-order valence-corrected chi connectivity index (χ4v) is 2.03. The van der Waals surface area contributed by atoms with Gasteiger partial charge in [-0.2, -0.15) is 0 Å². The number of hydrogen-bond donors (Lipinski definition) is 1. The molecule has 0 aromatic carbocycles. The number of rotatable bonds is 5. The van der Waals surface area contributed by atoms with Crippen LogP contribution in [0.1, 0.15) is 45.4 Å². The van der Waals surface area contributed by atoms with Crippen molar-refractivity contribution in [3.8, 4) is 0 Å². The van der Waals surface area contributed by atoms with E-state index < -0.39 is 0 Å². The molecule has 1 aliphatic rings. The summed E-state index contributed by atoms with van der Waals surface area (Å²) in [4.78, 5) is 12.0. The second-order valence-electron chi connectivity index (χ2n) is 4.06. The lowest BCUT2D eigenvalue weighted by molar-refractivity contribution is -0.119. The molecule has 2 nitrogen and oxygen atoms in total. The minimum absolute atomic E-state index is 0.0735. The highest BCUT2D eigenvalue weighted by atomic mass is 16.1. The molecule has 0 fully saturated rings. The van der Waals surface area contributed by atoms with Gasteiger partial charge in [-0.15, -0.1) is 0 Å². The maximum absolute atomic E-state index is 12.0. The molecule has 0 aromatic heterocycles. The van der Waals surface area contributed by atoms with E-state index in [1.165, 1.54) is 12.8 Å². The van der Waals surface area contributed by atoms with Gasteiger partial charge in [0, 0.05) is 12.5 Å². The van der Waals surface area contributed by atoms with Gasteiger partial charge in [-0.05, 0) is 37.7 Å². The summed E-state index contributed by atoms with van der Waals surface area (Å²) in [6, 6.07) is 0. The number of carbonyl (C=O) groups excluding carboxylic acids is 1. The molecule has 14 heavy (non-hydrogen) atoms. The monoisotopic (exact) mass is 195 g/mol. The van der Waals surface area contributed by atoms with Crippen LogP contribution in [0, 0.1) is 5.92 Å². The summed E-state index contributed by atoms with van der Waals surface area (Å²) < 4.78 is 0. The van der Waals surface area contributed by atoms with Gasteiger partial charge in [0.1, 0.15) is 0 Å². The second-order valence-corrected chi connectivity index (χ2v) is 4.06. The lowest BCUT2D eigenvalue weighted by Crippen LogP contribution is -2.25. The van der Waals surface area contributed by atoms with Crippen LogP contribution >= 0.6 is 0 Å². The van der Waals surface area contributed by atoms with E-state index in [1.54, 1.807) is 0 Å². The first-order valence-corrected chi connectivity index (χ1v) is 5.73. The van der Waals surface area contributed by atoms with Gasteiger partial charge < -0.3 is 5.73 Å². The topological polar surface area (TPSA) is 43.1 Å². The summed E-state index contributed by atoms with van der Waals surface area (Å²) in [7, 11) is 0. The molecule has 0 aromatic rings. The van der Waals surface area contributed by atoms with Crippen molar-refractivity contribution in [1.82, 2.24) is 0 Å². The predicted octanol–water partition coefficient (Wildman–Crippen LogP) is 2.43. The van der Waals surface area contributed by atoms with Crippen molar-refractivity contribution in [2.75, 3.05) is 6.54 Å². The molecule has 0 spiro atoms. The summed E-state index contributed by atoms with van der Waals surface area (Å²) in [5, 5.41) is 0. The van der Waals surface area contributed by atoms with E-state index >= 15 is 0 Å². The van der Waals surface area contributed by atoms with Gasteiger partial charge in [-0.1, -0.05) is 19.4 Å². The highest BCUT2D eigenvalue weighted by Gasteiger charge is 2.20. The summed E-state index contributed by atoms with van der Waals surface area (Å²) >= 11 is 0. The molecular formula is C12H21NO. The average Bonchev–Trinajstić information content (AvgIpc) is 2.26. The van der Waals surface area contributed by atoms with Gasteiger partial charge in [-0.3, -0.25) is 4.79 Å². The number of allylic oxidation sites excluding steroid dienone is 2. The normalized spacial score (nSPS) is 18.9. The van der Waals surface area contributed by atoms with E-state index in [2.05, 4.69) is 13.0 Å². The zero-order valence-electron chi connectivity index (χ0n) is 9.09. The van der Waals surface area contributed by atoms with Gasteiger partial charge in [-0.25, -0.2) is 0 Å². The molecule has 0 radical (unpaired) electrons. The molecule has 2 N–H and O–H groups in total. The molecule has 1 atom stereocenters. The van der Waals surface area contributed by atoms with Crippen molar-refractivity contribution < 1.29 is 4.79 Å². The van der Waals surface area contributed by atoms with Crippen LogP contribution in [0.3, 0.4) is 0 Å². The van der Waals surface area contributed by atoms with Crippen LogP contribution in [-0.2, 0) is 4.79 Å². The quantitative estimate of drug-likeness (QED) is 0.732. The SMILES string of the molecule is CCCC(CN)C(=O)C1=CCCCC1. The van der Waals surface area contributed by atoms with Crippen molar-refractivity contribution in [2.24, 2.45) is 11.7 Å². The van der Waals surface area contributed by atoms with Crippen LogP contribution in [0.2, 0.25) is 0 Å². The molecule has 0 bridgehead atoms. The summed E-state index contributed by atoms with van der Waals surface area (Å²) in [5.41, 5.74) is 6.66. The number of Topliss-reactive ketones (excluding diaryl/α,β-unsaturated/α-hetero) is 1. The number of ketones is 1. The van der Waals surface area contributed by atoms with Gasteiger partial charge in [0.15, 0.2) is 5.78 Å². The molecule has 0 amide bonds. The molecule has 1 unspecified atom stereocenters. The molecule has 0 saturated carbocycles. The first-order chi connectivity index (χ1) is 6.79. The van der Waals surface area contributed by atoms with Crippen LogP contribution in [0.4, 0.5) is 0 Å². The minimum atomic E-state index is 0.0735. The fourth-order valence-electron chi connectivity index (χ4n) is 2.03. The van der Waals surface area contributed by atoms with Crippen LogP contribution < -0.4 is 5.73 Å². The Morgan fingerprint density at radius 1 is 1.57 bits per heavy atom. The molecule has 1 rings (SSSR count). The van der Waals surface area contributed by atoms with Gasteiger partial charge in [0.05, 0.1) is 0 Å². The van der Waals surface area contributed by atoms with E-state index in [-0.39, 0.29) is 5.92 Å². The van der Waals surface area contributed by atoms with E-state index in [9.17, 15) is 4.79 Å². The average molecular weight is 195 g/mol. The summed E-state index contributed by atoms with van der Waals surface area (Å²) in [6.07, 6.45) is 8.54. The Hall–Kier alpha value is -0.630. The first-order valence-electron chi connectivity index (χ1n) is 5.73. The maximum Gasteiger partial charge on any atom is 0.162 e. The zero-order valence-corrected chi connectivity index (χ0v) is 9.09. The highest BCUT2D eigenvalue weighted by Crippen LogP contribution is 2.22. The third kappa shape index (κ3) is 2.95. The number of nitrogens with two attached hydrogens (primary N) is 1. The molecule has 0 saturated heterocycles. The van der Waals surface area contributed by atoms with E-state index in [1.807, 2.05) is 0 Å². The Kier molecular flexibility index (Phi) is 4.88. The van der Waals surface area contributed by atoms with Crippen molar-refractivity contribution in [1.29, 1.82) is 0 Å². The fraction of sp³-hybridized carbons (Fsp3) is 0.750. The molecule has 1 aliphatic carbocycles. The summed E-state index contributed by atoms with van der Waals surface area (Å²) in [5.74, 6) is 0.387. The standard InChI is InChI=1S/C12H21NO/c1-2-6-11(9-13)12(14)10-7-4-3-5-8-10/h7,11H,2-6,8-9,13H2,1H3. The molecule has 0 heterocycles. The smallest absolute Gasteiger partial charge is 0.162 e. The Morgan fingerprint density at radius 3 is 2.86 bits per heavy atom. The lowest BCUT2D eigenvalue weighted by Gasteiger charge is -2.17. The molecular weight excluding hydrogens is 174 g/mol. The van der Waals surface area contributed by atoms with Crippen LogP contribution in [0.25, 0.3) is 0 Å². The van der Waals surface area contributed by atoms with Gasteiger partial charge in [0.2, 0.25) is 0 Å². The zero-order chi connectivity index (χ0) is 10.4. The van der Waals surface area contributed by atoms with Gasteiger partial charge in [0.25, 0.3) is 0 Å². The van der Waals surface area contributed by atoms with E-state index in [0.717, 1.165) is 31.3 Å². The largest absolute Gasteiger partial charge is 0.330 e. The van der Waals surface area contributed by atoms with Crippen LogP contribution in [-0.4, -0.2) is 12.3 Å². The van der Waals surface area contributed by atoms with Crippen molar-refractivity contribution in [3.63, 3.8) is 0 Å². The van der Waals surface area contributed by atoms with Crippen molar-refractivity contribution >= 4 is 5.78 Å². The van der Waals surface area contributed by atoms with Crippen molar-refractivity contribution in [3.05, 3.63) is 11.6 Å². The van der Waals surface area contributed by atoms with Crippen LogP contribution in [0.15, 0.2) is 11.6 Å². The lowest BCUT2D eigenvalue weighted by atomic mass is 9.88. The maximum atomic E-state index is 12.0. The number of hydrogen-bond acceptors (Lipinski definition) is 2. The third-order valence-corrected chi connectivity index (χ3v) is 2.90. The van der Waals surface area contributed by atoms with E-state index in [0.29, 0.717) is 12.3 Å². The van der Waals surface area contributed by atoms with E-state index in [4.69, 9.17) is 5.73 Å². The molecule has 80 valence electrons. The highest BCUT2D eigenvalue weighted by molar-refractivity contribution is 5.97. The second kappa shape index (κ2) is 5.97. The molecule has 0 aliphatic heterocycles. The summed E-state index contributed by atoms with van der Waals surface area (Å²) in [6.45, 7) is 2.61. The van der Waals surface area contributed by atoms with Crippen molar-refractivity contribution in [2.45, 2.75) is 45.4 Å². The van der Waals surface area contributed by atoms with Crippen LogP contribution in [0.5, 0.6) is 0 Å². The Labute approximate surface area is 86.6 Å². The minimum Gasteiger partial charge on any atom is -0.330 e. The Bertz CT molecular complexity index is 220. The first kappa shape index (κ1) is 11.4.